The topological polar surface area (TPSA) is 54.4 Å². The molecule has 0 saturated carbocycles. The van der Waals surface area contributed by atoms with E-state index in [1.54, 1.807) is 0 Å². The molecule has 1 aliphatic carbocycles. The zero-order chi connectivity index (χ0) is 18.5. The van der Waals surface area contributed by atoms with Crippen molar-refractivity contribution in [3.05, 3.63) is 78.5 Å². The van der Waals surface area contributed by atoms with Gasteiger partial charge in [0.1, 0.15) is 0 Å². The Hall–Kier alpha value is -3.34. The molecule has 0 amide bonds. The minimum absolute atomic E-state index is 0.780. The Kier molecular flexibility index (Phi) is 5.01. The van der Waals surface area contributed by atoms with E-state index in [2.05, 4.69) is 37.7 Å². The standard InChI is InChI=1S/C22H21N5/c1-2-27-21-11-7-6-8-17(21)16-22(27)26-25-20-14-12-19(13-15-20)24-23-18-9-4-3-5-10-18/h2-5,9-10,12-16H,1,6-8,11H2. The van der Waals surface area contributed by atoms with E-state index >= 15 is 0 Å². The maximum atomic E-state index is 4.44. The highest BCUT2D eigenvalue weighted by Gasteiger charge is 2.16. The molecule has 0 aliphatic heterocycles. The van der Waals surface area contributed by atoms with E-state index in [0.717, 1.165) is 35.7 Å². The molecule has 0 spiro atoms. The predicted octanol–water partition coefficient (Wildman–Crippen LogP) is 7.30. The van der Waals surface area contributed by atoms with Gasteiger partial charge < -0.3 is 4.57 Å². The Morgan fingerprint density at radius 2 is 1.33 bits per heavy atom. The van der Waals surface area contributed by atoms with Crippen LogP contribution in [0.15, 0.2) is 87.7 Å². The van der Waals surface area contributed by atoms with Crippen LogP contribution in [0.4, 0.5) is 22.9 Å². The number of fused-ring (bicyclic) bond motifs is 1. The molecule has 0 fully saturated rings. The second-order valence-corrected chi connectivity index (χ2v) is 6.49. The average molecular weight is 355 g/mol. The monoisotopic (exact) mass is 355 g/mol. The van der Waals surface area contributed by atoms with Gasteiger partial charge in [0.25, 0.3) is 0 Å². The number of aryl methyl sites for hydroxylation is 1. The van der Waals surface area contributed by atoms with Gasteiger partial charge in [-0.1, -0.05) is 24.8 Å². The van der Waals surface area contributed by atoms with Crippen molar-refractivity contribution in [2.45, 2.75) is 25.7 Å². The highest BCUT2D eigenvalue weighted by Crippen LogP contribution is 2.31. The van der Waals surface area contributed by atoms with E-state index in [0.29, 0.717) is 0 Å². The van der Waals surface area contributed by atoms with Crippen molar-refractivity contribution in [2.75, 3.05) is 0 Å². The summed E-state index contributed by atoms with van der Waals surface area (Å²) in [6.45, 7) is 3.92. The van der Waals surface area contributed by atoms with E-state index in [4.69, 9.17) is 0 Å². The second kappa shape index (κ2) is 7.91. The summed E-state index contributed by atoms with van der Waals surface area (Å²) in [5.41, 5.74) is 5.08. The third kappa shape index (κ3) is 3.92. The SMILES string of the molecule is C=Cn1c(N=Nc2ccc(N=Nc3ccccc3)cc2)cc2c1CCCC2. The third-order valence-electron chi connectivity index (χ3n) is 4.66. The van der Waals surface area contributed by atoms with Gasteiger partial charge in [-0.3, -0.25) is 0 Å². The molecule has 0 radical (unpaired) electrons. The quantitative estimate of drug-likeness (QED) is 0.431. The zero-order valence-corrected chi connectivity index (χ0v) is 15.1. The molecule has 0 unspecified atom stereocenters. The van der Waals surface area contributed by atoms with Crippen molar-refractivity contribution < 1.29 is 0 Å². The molecule has 1 aliphatic rings. The van der Waals surface area contributed by atoms with E-state index in [1.807, 2.05) is 60.8 Å². The van der Waals surface area contributed by atoms with Crippen LogP contribution in [-0.2, 0) is 12.8 Å². The fourth-order valence-corrected chi connectivity index (χ4v) is 3.29. The number of rotatable bonds is 5. The Labute approximate surface area is 158 Å². The van der Waals surface area contributed by atoms with Crippen molar-refractivity contribution in [3.8, 4) is 0 Å². The van der Waals surface area contributed by atoms with Gasteiger partial charge in [0.15, 0.2) is 5.82 Å². The summed E-state index contributed by atoms with van der Waals surface area (Å²) in [4.78, 5) is 0. The summed E-state index contributed by atoms with van der Waals surface area (Å²) in [6.07, 6.45) is 6.48. The van der Waals surface area contributed by atoms with Crippen LogP contribution in [-0.4, -0.2) is 4.57 Å². The van der Waals surface area contributed by atoms with Gasteiger partial charge in [-0.2, -0.15) is 10.2 Å². The van der Waals surface area contributed by atoms with E-state index < -0.39 is 0 Å². The molecule has 3 aromatic rings. The van der Waals surface area contributed by atoms with Crippen molar-refractivity contribution in [1.82, 2.24) is 4.57 Å². The van der Waals surface area contributed by atoms with Gasteiger partial charge in [-0.15, -0.1) is 10.2 Å². The molecular formula is C22H21N5. The highest BCUT2D eigenvalue weighted by atomic mass is 15.2. The molecule has 1 aromatic heterocycles. The molecule has 2 aromatic carbocycles. The van der Waals surface area contributed by atoms with Gasteiger partial charge in [-0.25, -0.2) is 0 Å². The maximum absolute atomic E-state index is 4.44. The molecule has 0 saturated heterocycles. The molecule has 0 N–H and O–H groups in total. The summed E-state index contributed by atoms with van der Waals surface area (Å²) < 4.78 is 2.06. The van der Waals surface area contributed by atoms with Gasteiger partial charge in [-0.05, 0) is 73.7 Å². The molecule has 134 valence electrons. The van der Waals surface area contributed by atoms with Gasteiger partial charge in [0.2, 0.25) is 0 Å². The average Bonchev–Trinajstić information content (AvgIpc) is 3.10. The molecule has 5 nitrogen and oxygen atoms in total. The van der Waals surface area contributed by atoms with Crippen LogP contribution in [0.2, 0.25) is 0 Å². The number of azo groups is 2. The Morgan fingerprint density at radius 1 is 0.741 bits per heavy atom. The van der Waals surface area contributed by atoms with E-state index in [9.17, 15) is 0 Å². The predicted molar refractivity (Wildman–Crippen MR) is 109 cm³/mol. The van der Waals surface area contributed by atoms with Crippen LogP contribution in [0.25, 0.3) is 6.20 Å². The molecule has 1 heterocycles. The van der Waals surface area contributed by atoms with Crippen LogP contribution in [0.5, 0.6) is 0 Å². The van der Waals surface area contributed by atoms with E-state index in [-0.39, 0.29) is 0 Å². The lowest BCUT2D eigenvalue weighted by atomic mass is 9.98. The zero-order valence-electron chi connectivity index (χ0n) is 15.1. The molecule has 27 heavy (non-hydrogen) atoms. The Morgan fingerprint density at radius 3 is 2.00 bits per heavy atom. The molecule has 4 rings (SSSR count). The lowest BCUT2D eigenvalue weighted by Crippen LogP contribution is -2.03. The Bertz CT molecular complexity index is 982. The normalized spacial score (nSPS) is 13.9. The molecule has 0 bridgehead atoms. The van der Waals surface area contributed by atoms with Crippen molar-refractivity contribution in [2.24, 2.45) is 20.5 Å². The van der Waals surface area contributed by atoms with Crippen LogP contribution < -0.4 is 0 Å². The Balaban J connectivity index is 1.49. The first-order valence-corrected chi connectivity index (χ1v) is 9.17. The van der Waals surface area contributed by atoms with Crippen molar-refractivity contribution in [3.63, 3.8) is 0 Å². The summed E-state index contributed by atoms with van der Waals surface area (Å²) >= 11 is 0. The minimum Gasteiger partial charge on any atom is -0.304 e. The second-order valence-electron chi connectivity index (χ2n) is 6.49. The lowest BCUT2D eigenvalue weighted by Gasteiger charge is -2.12. The summed E-state index contributed by atoms with van der Waals surface area (Å²) in [5, 5.41) is 17.3. The van der Waals surface area contributed by atoms with Gasteiger partial charge in [0, 0.05) is 11.9 Å². The highest BCUT2D eigenvalue weighted by molar-refractivity contribution is 5.51. The van der Waals surface area contributed by atoms with Gasteiger partial charge >= 0.3 is 0 Å². The summed E-state index contributed by atoms with van der Waals surface area (Å²) in [5.74, 6) is 0.838. The van der Waals surface area contributed by atoms with Crippen LogP contribution in [0, 0.1) is 0 Å². The number of nitrogens with zero attached hydrogens (tertiary/aromatic N) is 5. The first-order chi connectivity index (χ1) is 13.3. The summed E-state index contributed by atoms with van der Waals surface area (Å²) in [7, 11) is 0. The number of hydrogen-bond donors (Lipinski definition) is 0. The molecule has 5 heteroatoms. The van der Waals surface area contributed by atoms with Crippen molar-refractivity contribution >= 4 is 29.1 Å². The molecule has 0 atom stereocenters. The first-order valence-electron chi connectivity index (χ1n) is 9.17. The fraction of sp³-hybridized carbons (Fsp3) is 0.182. The first kappa shape index (κ1) is 17.1. The number of hydrogen-bond acceptors (Lipinski definition) is 4. The number of aromatic nitrogens is 1. The summed E-state index contributed by atoms with van der Waals surface area (Å²) in [6, 6.07) is 19.4. The van der Waals surface area contributed by atoms with Crippen molar-refractivity contribution in [1.29, 1.82) is 0 Å². The van der Waals surface area contributed by atoms with Crippen LogP contribution >= 0.6 is 0 Å². The smallest absolute Gasteiger partial charge is 0.159 e. The third-order valence-corrected chi connectivity index (χ3v) is 4.66. The molecular weight excluding hydrogens is 334 g/mol. The van der Waals surface area contributed by atoms with E-state index in [1.165, 1.54) is 24.1 Å². The largest absolute Gasteiger partial charge is 0.304 e. The number of benzene rings is 2. The minimum atomic E-state index is 0.780. The van der Waals surface area contributed by atoms with Crippen LogP contribution in [0.3, 0.4) is 0 Å². The lowest BCUT2D eigenvalue weighted by molar-refractivity contribution is 0.667. The fourth-order valence-electron chi connectivity index (χ4n) is 3.29. The van der Waals surface area contributed by atoms with Gasteiger partial charge in [0.05, 0.1) is 17.1 Å². The maximum Gasteiger partial charge on any atom is 0.159 e. The van der Waals surface area contributed by atoms with Crippen LogP contribution in [0.1, 0.15) is 24.1 Å².